The van der Waals surface area contributed by atoms with Crippen LogP contribution in [0, 0.1) is 0 Å². The van der Waals surface area contributed by atoms with E-state index in [0.717, 1.165) is 0 Å². The van der Waals surface area contributed by atoms with E-state index in [1.54, 1.807) is 18.2 Å². The predicted molar refractivity (Wildman–Crippen MR) is 73.1 cm³/mol. The highest BCUT2D eigenvalue weighted by molar-refractivity contribution is 5.71. The molecule has 0 radical (unpaired) electrons. The van der Waals surface area contributed by atoms with Gasteiger partial charge in [-0.1, -0.05) is 0 Å². The van der Waals surface area contributed by atoms with Crippen LogP contribution in [-0.2, 0) is 0 Å². The highest BCUT2D eigenvalue weighted by Gasteiger charge is 2.10. The molecule has 0 aliphatic heterocycles. The average molecular weight is 267 g/mol. The van der Waals surface area contributed by atoms with Crippen molar-refractivity contribution in [1.29, 1.82) is 0 Å². The number of rotatable bonds is 6. The summed E-state index contributed by atoms with van der Waals surface area (Å²) in [4.78, 5) is 11.5. The van der Waals surface area contributed by atoms with Gasteiger partial charge in [-0.15, -0.1) is 0 Å². The smallest absolute Gasteiger partial charge is 0.412 e. The molecular formula is C14H21NO4. The van der Waals surface area contributed by atoms with Crippen LogP contribution < -0.4 is 19.5 Å². The molecule has 0 unspecified atom stereocenters. The largest absolute Gasteiger partial charge is 0.490 e. The van der Waals surface area contributed by atoms with Gasteiger partial charge in [-0.05, 0) is 39.8 Å². The Labute approximate surface area is 113 Å². The van der Waals surface area contributed by atoms with Crippen molar-refractivity contribution in [1.82, 2.24) is 5.32 Å². The van der Waals surface area contributed by atoms with Crippen LogP contribution in [0.15, 0.2) is 18.2 Å². The quantitative estimate of drug-likeness (QED) is 0.861. The van der Waals surface area contributed by atoms with Gasteiger partial charge in [-0.3, -0.25) is 0 Å². The van der Waals surface area contributed by atoms with Crippen molar-refractivity contribution in [3.8, 4) is 17.2 Å². The number of ether oxygens (including phenoxy) is 3. The van der Waals surface area contributed by atoms with Crippen molar-refractivity contribution in [3.05, 3.63) is 18.2 Å². The van der Waals surface area contributed by atoms with Gasteiger partial charge in [-0.25, -0.2) is 4.79 Å². The average Bonchev–Trinajstić information content (AvgIpc) is 2.32. The third-order valence-electron chi connectivity index (χ3n) is 2.13. The summed E-state index contributed by atoms with van der Waals surface area (Å²) in [5.74, 6) is 1.63. The standard InChI is InChI=1S/C14H21NO4/c1-5-17-12-8-7-11(9-13(12)18-6-2)19-14(16)15-10(3)4/h7-10H,5-6H2,1-4H3,(H,15,16). The number of amides is 1. The number of benzene rings is 1. The van der Waals surface area contributed by atoms with Gasteiger partial charge in [0.05, 0.1) is 13.2 Å². The zero-order chi connectivity index (χ0) is 14.3. The summed E-state index contributed by atoms with van der Waals surface area (Å²) in [6.45, 7) is 8.58. The molecule has 1 amide bonds. The van der Waals surface area contributed by atoms with Crippen LogP contribution in [-0.4, -0.2) is 25.3 Å². The maximum atomic E-state index is 11.5. The first-order valence-electron chi connectivity index (χ1n) is 6.44. The molecule has 106 valence electrons. The second kappa shape index (κ2) is 7.51. The molecule has 0 aliphatic carbocycles. The molecule has 0 aliphatic rings. The number of hydrogen-bond acceptors (Lipinski definition) is 4. The molecule has 0 spiro atoms. The molecule has 1 aromatic carbocycles. The van der Waals surface area contributed by atoms with Crippen molar-refractivity contribution >= 4 is 6.09 Å². The van der Waals surface area contributed by atoms with Gasteiger partial charge in [0.1, 0.15) is 5.75 Å². The van der Waals surface area contributed by atoms with E-state index in [-0.39, 0.29) is 6.04 Å². The van der Waals surface area contributed by atoms with Crippen LogP contribution >= 0.6 is 0 Å². The van der Waals surface area contributed by atoms with Crippen LogP contribution in [0.4, 0.5) is 4.79 Å². The minimum absolute atomic E-state index is 0.0292. The number of hydrogen-bond donors (Lipinski definition) is 1. The fourth-order valence-corrected chi connectivity index (χ4v) is 1.47. The second-order valence-corrected chi connectivity index (χ2v) is 4.16. The fourth-order valence-electron chi connectivity index (χ4n) is 1.47. The van der Waals surface area contributed by atoms with Gasteiger partial charge in [0, 0.05) is 12.1 Å². The van der Waals surface area contributed by atoms with Gasteiger partial charge in [0.2, 0.25) is 0 Å². The fraction of sp³-hybridized carbons (Fsp3) is 0.500. The summed E-state index contributed by atoms with van der Waals surface area (Å²) >= 11 is 0. The molecule has 0 aromatic heterocycles. The molecule has 5 nitrogen and oxygen atoms in total. The Morgan fingerprint density at radius 3 is 2.37 bits per heavy atom. The summed E-state index contributed by atoms with van der Waals surface area (Å²) in [5.41, 5.74) is 0. The Balaban J connectivity index is 2.79. The van der Waals surface area contributed by atoms with E-state index >= 15 is 0 Å². The lowest BCUT2D eigenvalue weighted by molar-refractivity contribution is 0.197. The molecule has 0 saturated heterocycles. The molecule has 19 heavy (non-hydrogen) atoms. The Morgan fingerprint density at radius 1 is 1.16 bits per heavy atom. The molecule has 1 N–H and O–H groups in total. The number of carbonyl (C=O) groups excluding carboxylic acids is 1. The van der Waals surface area contributed by atoms with Gasteiger partial charge in [-0.2, -0.15) is 0 Å². The summed E-state index contributed by atoms with van der Waals surface area (Å²) in [5, 5.41) is 2.65. The Kier molecular flexibility index (Phi) is 5.99. The highest BCUT2D eigenvalue weighted by Crippen LogP contribution is 2.31. The van der Waals surface area contributed by atoms with Crippen molar-refractivity contribution in [2.45, 2.75) is 33.7 Å². The molecule has 0 heterocycles. The van der Waals surface area contributed by atoms with Crippen LogP contribution in [0.3, 0.4) is 0 Å². The topological polar surface area (TPSA) is 56.8 Å². The molecule has 5 heteroatoms. The van der Waals surface area contributed by atoms with E-state index < -0.39 is 6.09 Å². The lowest BCUT2D eigenvalue weighted by atomic mass is 10.3. The Hall–Kier alpha value is -1.91. The first-order valence-corrected chi connectivity index (χ1v) is 6.44. The third kappa shape index (κ3) is 5.07. The van der Waals surface area contributed by atoms with Crippen molar-refractivity contribution in [2.75, 3.05) is 13.2 Å². The van der Waals surface area contributed by atoms with Crippen LogP contribution in [0.5, 0.6) is 17.2 Å². The van der Waals surface area contributed by atoms with E-state index in [2.05, 4.69) is 5.32 Å². The highest BCUT2D eigenvalue weighted by atomic mass is 16.6. The van der Waals surface area contributed by atoms with Crippen molar-refractivity contribution in [3.63, 3.8) is 0 Å². The Morgan fingerprint density at radius 2 is 1.79 bits per heavy atom. The van der Waals surface area contributed by atoms with E-state index in [9.17, 15) is 4.79 Å². The predicted octanol–water partition coefficient (Wildman–Crippen LogP) is 2.98. The molecular weight excluding hydrogens is 246 g/mol. The molecule has 1 aromatic rings. The van der Waals surface area contributed by atoms with E-state index in [1.807, 2.05) is 27.7 Å². The van der Waals surface area contributed by atoms with Crippen LogP contribution in [0.25, 0.3) is 0 Å². The van der Waals surface area contributed by atoms with E-state index in [4.69, 9.17) is 14.2 Å². The molecule has 0 atom stereocenters. The van der Waals surface area contributed by atoms with E-state index in [1.165, 1.54) is 0 Å². The molecule has 0 fully saturated rings. The first kappa shape index (κ1) is 15.1. The second-order valence-electron chi connectivity index (χ2n) is 4.16. The zero-order valence-corrected chi connectivity index (χ0v) is 11.9. The molecule has 0 bridgehead atoms. The summed E-state index contributed by atoms with van der Waals surface area (Å²) < 4.78 is 16.0. The summed E-state index contributed by atoms with van der Waals surface area (Å²) in [6, 6.07) is 5.08. The minimum Gasteiger partial charge on any atom is -0.490 e. The lowest BCUT2D eigenvalue weighted by Crippen LogP contribution is -2.32. The molecule has 1 rings (SSSR count). The number of carbonyl (C=O) groups is 1. The van der Waals surface area contributed by atoms with Crippen LogP contribution in [0.1, 0.15) is 27.7 Å². The first-order chi connectivity index (χ1) is 9.06. The third-order valence-corrected chi connectivity index (χ3v) is 2.13. The van der Waals surface area contributed by atoms with Crippen molar-refractivity contribution < 1.29 is 19.0 Å². The molecule has 0 saturated carbocycles. The minimum atomic E-state index is -0.485. The zero-order valence-electron chi connectivity index (χ0n) is 11.9. The maximum Gasteiger partial charge on any atom is 0.412 e. The van der Waals surface area contributed by atoms with E-state index in [0.29, 0.717) is 30.5 Å². The van der Waals surface area contributed by atoms with Gasteiger partial charge in [0.15, 0.2) is 11.5 Å². The van der Waals surface area contributed by atoms with Crippen molar-refractivity contribution in [2.24, 2.45) is 0 Å². The van der Waals surface area contributed by atoms with Crippen LogP contribution in [0.2, 0.25) is 0 Å². The van der Waals surface area contributed by atoms with Gasteiger partial charge in [0.25, 0.3) is 0 Å². The van der Waals surface area contributed by atoms with Gasteiger partial charge < -0.3 is 19.5 Å². The number of nitrogens with one attached hydrogen (secondary N) is 1. The normalized spacial score (nSPS) is 10.2. The monoisotopic (exact) mass is 267 g/mol. The summed E-state index contributed by atoms with van der Waals surface area (Å²) in [7, 11) is 0. The lowest BCUT2D eigenvalue weighted by Gasteiger charge is -2.13. The SMILES string of the molecule is CCOc1ccc(OC(=O)NC(C)C)cc1OCC. The summed E-state index contributed by atoms with van der Waals surface area (Å²) in [6.07, 6.45) is -0.485. The van der Waals surface area contributed by atoms with Gasteiger partial charge >= 0.3 is 6.09 Å². The Bertz CT molecular complexity index is 418. The maximum absolute atomic E-state index is 11.5.